The third-order valence-corrected chi connectivity index (χ3v) is 3.04. The van der Waals surface area contributed by atoms with Crippen molar-refractivity contribution in [3.05, 3.63) is 16.7 Å². The van der Waals surface area contributed by atoms with E-state index in [1.165, 1.54) is 18.5 Å². The zero-order chi connectivity index (χ0) is 10.3. The average Bonchev–Trinajstić information content (AvgIpc) is 2.44. The first-order chi connectivity index (χ1) is 6.50. The fraction of sp³-hybridized carbons (Fsp3) is 0.727. The van der Waals surface area contributed by atoms with Crippen LogP contribution in [0.4, 0.5) is 0 Å². The van der Waals surface area contributed by atoms with Crippen LogP contribution in [0.5, 0.6) is 0 Å². The lowest BCUT2D eigenvalue weighted by atomic mass is 9.95. The Balaban J connectivity index is 2.52. The highest BCUT2D eigenvalue weighted by Gasteiger charge is 2.26. The molecule has 1 aromatic heterocycles. The van der Waals surface area contributed by atoms with Gasteiger partial charge in [-0.15, -0.1) is 0 Å². The van der Waals surface area contributed by atoms with E-state index in [4.69, 9.17) is 11.6 Å². The van der Waals surface area contributed by atoms with Crippen LogP contribution < -0.4 is 0 Å². The molecule has 0 aliphatic carbocycles. The van der Waals surface area contributed by atoms with E-state index in [0.29, 0.717) is 0 Å². The summed E-state index contributed by atoms with van der Waals surface area (Å²) in [5.41, 5.74) is 1.34. The molecule has 0 saturated heterocycles. The van der Waals surface area contributed by atoms with Crippen LogP contribution in [0.1, 0.15) is 45.1 Å². The Kier molecular flexibility index (Phi) is 2.34. The van der Waals surface area contributed by atoms with E-state index in [0.717, 1.165) is 23.9 Å². The molecule has 0 bridgehead atoms. The number of halogens is 1. The highest BCUT2D eigenvalue weighted by molar-refractivity contribution is 6.30. The predicted molar refractivity (Wildman–Crippen MR) is 58.9 cm³/mol. The zero-order valence-electron chi connectivity index (χ0n) is 9.10. The molecule has 3 heteroatoms. The highest BCUT2D eigenvalue weighted by atomic mass is 35.5. The SMILES string of the molecule is CC(C)(C)c1nc(Cl)c2n1CCCC2. The maximum absolute atomic E-state index is 6.14. The van der Waals surface area contributed by atoms with Crippen LogP contribution in [0.3, 0.4) is 0 Å². The molecule has 0 unspecified atom stereocenters. The van der Waals surface area contributed by atoms with Crippen molar-refractivity contribution in [1.82, 2.24) is 9.55 Å². The molecule has 2 nitrogen and oxygen atoms in total. The molecule has 1 aromatic rings. The van der Waals surface area contributed by atoms with Crippen molar-refractivity contribution in [3.8, 4) is 0 Å². The molecule has 0 aromatic carbocycles. The zero-order valence-corrected chi connectivity index (χ0v) is 9.86. The lowest BCUT2D eigenvalue weighted by Crippen LogP contribution is -2.22. The van der Waals surface area contributed by atoms with Crippen molar-refractivity contribution in [1.29, 1.82) is 0 Å². The van der Waals surface area contributed by atoms with E-state index in [1.54, 1.807) is 0 Å². The first-order valence-electron chi connectivity index (χ1n) is 5.25. The molecule has 0 atom stereocenters. The average molecular weight is 213 g/mol. The normalized spacial score (nSPS) is 16.9. The lowest BCUT2D eigenvalue weighted by Gasteiger charge is -2.23. The van der Waals surface area contributed by atoms with Gasteiger partial charge in [-0.1, -0.05) is 32.4 Å². The second-order valence-corrected chi connectivity index (χ2v) is 5.39. The molecule has 0 saturated carbocycles. The van der Waals surface area contributed by atoms with Gasteiger partial charge in [0.25, 0.3) is 0 Å². The molecule has 1 aliphatic rings. The molecule has 14 heavy (non-hydrogen) atoms. The van der Waals surface area contributed by atoms with Crippen LogP contribution in [0.25, 0.3) is 0 Å². The molecule has 78 valence electrons. The minimum absolute atomic E-state index is 0.0965. The van der Waals surface area contributed by atoms with E-state index < -0.39 is 0 Å². The van der Waals surface area contributed by atoms with Gasteiger partial charge in [0.05, 0.1) is 5.69 Å². The summed E-state index contributed by atoms with van der Waals surface area (Å²) in [5.74, 6) is 1.14. The number of imidazole rings is 1. The van der Waals surface area contributed by atoms with Gasteiger partial charge in [0, 0.05) is 12.0 Å². The third-order valence-electron chi connectivity index (χ3n) is 2.74. The van der Waals surface area contributed by atoms with Gasteiger partial charge in [-0.25, -0.2) is 4.98 Å². The van der Waals surface area contributed by atoms with Crippen LogP contribution in [0, 0.1) is 0 Å². The van der Waals surface area contributed by atoms with Crippen molar-refractivity contribution in [2.75, 3.05) is 0 Å². The first-order valence-corrected chi connectivity index (χ1v) is 5.63. The Morgan fingerprint density at radius 2 is 2.00 bits per heavy atom. The van der Waals surface area contributed by atoms with E-state index >= 15 is 0 Å². The van der Waals surface area contributed by atoms with Crippen molar-refractivity contribution < 1.29 is 0 Å². The van der Waals surface area contributed by atoms with E-state index in [9.17, 15) is 0 Å². The number of hydrogen-bond acceptors (Lipinski definition) is 1. The maximum Gasteiger partial charge on any atom is 0.150 e. The van der Waals surface area contributed by atoms with Gasteiger partial charge in [0.2, 0.25) is 0 Å². The fourth-order valence-electron chi connectivity index (χ4n) is 2.07. The molecule has 2 heterocycles. The minimum atomic E-state index is 0.0965. The largest absolute Gasteiger partial charge is 0.330 e. The number of aromatic nitrogens is 2. The molecule has 0 amide bonds. The number of fused-ring (bicyclic) bond motifs is 1. The topological polar surface area (TPSA) is 17.8 Å². The fourth-order valence-corrected chi connectivity index (χ4v) is 2.35. The Hall–Kier alpha value is -0.500. The van der Waals surface area contributed by atoms with Crippen LogP contribution in [-0.4, -0.2) is 9.55 Å². The van der Waals surface area contributed by atoms with Crippen LogP contribution in [-0.2, 0) is 18.4 Å². The first kappa shape index (κ1) is 10.0. The van der Waals surface area contributed by atoms with Crippen molar-refractivity contribution in [3.63, 3.8) is 0 Å². The number of hydrogen-bond donors (Lipinski definition) is 0. The summed E-state index contributed by atoms with van der Waals surface area (Å²) < 4.78 is 2.31. The van der Waals surface area contributed by atoms with Crippen LogP contribution >= 0.6 is 11.6 Å². The quantitative estimate of drug-likeness (QED) is 0.646. The molecule has 0 fully saturated rings. The summed E-state index contributed by atoms with van der Waals surface area (Å²) in [6.07, 6.45) is 3.58. The van der Waals surface area contributed by atoms with Gasteiger partial charge >= 0.3 is 0 Å². The molecule has 1 aliphatic heterocycles. The van der Waals surface area contributed by atoms with Gasteiger partial charge in [0.1, 0.15) is 5.82 Å². The molecule has 2 rings (SSSR count). The molecule has 0 N–H and O–H groups in total. The summed E-state index contributed by atoms with van der Waals surface area (Å²) >= 11 is 6.14. The molecular formula is C11H17ClN2. The van der Waals surface area contributed by atoms with Crippen LogP contribution in [0.15, 0.2) is 0 Å². The second kappa shape index (κ2) is 3.27. The monoisotopic (exact) mass is 212 g/mol. The smallest absolute Gasteiger partial charge is 0.150 e. The number of rotatable bonds is 0. The van der Waals surface area contributed by atoms with E-state index in [1.807, 2.05) is 0 Å². The standard InChI is InChI=1S/C11H17ClN2/c1-11(2,3)10-13-9(12)8-6-4-5-7-14(8)10/h4-7H2,1-3H3. The number of nitrogens with zero attached hydrogens (tertiary/aromatic N) is 2. The van der Waals surface area contributed by atoms with Gasteiger partial charge in [-0.2, -0.15) is 0 Å². The Morgan fingerprint density at radius 3 is 2.64 bits per heavy atom. The lowest BCUT2D eigenvalue weighted by molar-refractivity contribution is 0.453. The molecule has 0 radical (unpaired) electrons. The minimum Gasteiger partial charge on any atom is -0.330 e. The Morgan fingerprint density at radius 1 is 1.29 bits per heavy atom. The summed E-state index contributed by atoms with van der Waals surface area (Å²) in [5, 5.41) is 0.717. The van der Waals surface area contributed by atoms with E-state index in [2.05, 4.69) is 30.3 Å². The van der Waals surface area contributed by atoms with Crippen LogP contribution in [0.2, 0.25) is 5.15 Å². The third kappa shape index (κ3) is 1.56. The van der Waals surface area contributed by atoms with Crippen molar-refractivity contribution in [2.45, 2.75) is 52.0 Å². The highest BCUT2D eigenvalue weighted by Crippen LogP contribution is 2.30. The molecular weight excluding hydrogens is 196 g/mol. The van der Waals surface area contributed by atoms with E-state index in [-0.39, 0.29) is 5.41 Å². The predicted octanol–water partition coefficient (Wildman–Crippen LogP) is 3.17. The van der Waals surface area contributed by atoms with Crippen molar-refractivity contribution >= 4 is 11.6 Å². The van der Waals surface area contributed by atoms with Gasteiger partial charge in [-0.3, -0.25) is 0 Å². The Bertz CT molecular complexity index is 347. The second-order valence-electron chi connectivity index (χ2n) is 5.03. The van der Waals surface area contributed by atoms with Crippen molar-refractivity contribution in [2.24, 2.45) is 0 Å². The summed E-state index contributed by atoms with van der Waals surface area (Å²) in [4.78, 5) is 4.49. The summed E-state index contributed by atoms with van der Waals surface area (Å²) in [6.45, 7) is 7.65. The summed E-state index contributed by atoms with van der Waals surface area (Å²) in [7, 11) is 0. The maximum atomic E-state index is 6.14. The molecule has 0 spiro atoms. The Labute approximate surface area is 90.3 Å². The van der Waals surface area contributed by atoms with Gasteiger partial charge in [-0.05, 0) is 19.3 Å². The van der Waals surface area contributed by atoms with Gasteiger partial charge in [0.15, 0.2) is 5.15 Å². The summed E-state index contributed by atoms with van der Waals surface area (Å²) in [6, 6.07) is 0. The van der Waals surface area contributed by atoms with Gasteiger partial charge < -0.3 is 4.57 Å².